The Morgan fingerprint density at radius 1 is 1.35 bits per heavy atom. The Bertz CT molecular complexity index is 620. The van der Waals surface area contributed by atoms with Gasteiger partial charge >= 0.3 is 6.61 Å². The van der Waals surface area contributed by atoms with Gasteiger partial charge in [0.05, 0.1) is 11.1 Å². The van der Waals surface area contributed by atoms with Crippen LogP contribution in [0.4, 0.5) is 8.78 Å². The van der Waals surface area contributed by atoms with Crippen molar-refractivity contribution in [3.05, 3.63) is 45.9 Å². The molecular weight excluding hydrogens is 322 g/mol. The minimum absolute atomic E-state index is 0.0422. The lowest BCUT2D eigenvalue weighted by Crippen LogP contribution is -2.20. The number of hydrogen-bond donors (Lipinski definition) is 2. The van der Waals surface area contributed by atoms with Gasteiger partial charge in [0.2, 0.25) is 0 Å². The molecule has 2 rings (SSSR count). The zero-order valence-corrected chi connectivity index (χ0v) is 13.8. The maximum absolute atomic E-state index is 12.2. The summed E-state index contributed by atoms with van der Waals surface area (Å²) in [5, 5.41) is 14.4. The number of ether oxygens (including phenoxy) is 1. The molecule has 2 aromatic rings. The molecule has 7 heteroatoms. The molecule has 0 radical (unpaired) electrons. The SMILES string of the molecule is CC(C)c1ncc(CNCC(O)c2cccc(OC(F)F)c2)s1. The molecule has 23 heavy (non-hydrogen) atoms. The van der Waals surface area contributed by atoms with E-state index in [9.17, 15) is 13.9 Å². The standard InChI is InChI=1S/C16H20F2N2O2S/c1-10(2)15-20-8-13(23-15)7-19-9-14(21)11-4-3-5-12(6-11)22-16(17)18/h3-6,8,10,14,16,19,21H,7,9H2,1-2H3. The van der Waals surface area contributed by atoms with Crippen molar-refractivity contribution in [3.8, 4) is 5.75 Å². The first-order valence-electron chi connectivity index (χ1n) is 7.34. The molecule has 0 aliphatic heterocycles. The van der Waals surface area contributed by atoms with Crippen LogP contribution in [0.2, 0.25) is 0 Å². The number of rotatable bonds is 8. The molecular formula is C16H20F2N2O2S. The average molecular weight is 342 g/mol. The number of benzene rings is 1. The Kier molecular flexibility index (Phi) is 6.44. The van der Waals surface area contributed by atoms with E-state index in [4.69, 9.17) is 0 Å². The predicted molar refractivity (Wildman–Crippen MR) is 85.9 cm³/mol. The highest BCUT2D eigenvalue weighted by atomic mass is 32.1. The third kappa shape index (κ3) is 5.53. The van der Waals surface area contributed by atoms with Crippen LogP contribution in [0.3, 0.4) is 0 Å². The number of thiazole rings is 1. The monoisotopic (exact) mass is 342 g/mol. The Morgan fingerprint density at radius 3 is 2.78 bits per heavy atom. The summed E-state index contributed by atoms with van der Waals surface area (Å²) in [6.07, 6.45) is 1.03. The van der Waals surface area contributed by atoms with Crippen molar-refractivity contribution >= 4 is 11.3 Å². The second-order valence-corrected chi connectivity index (χ2v) is 6.56. The molecule has 2 N–H and O–H groups in total. The van der Waals surface area contributed by atoms with Gasteiger partial charge in [-0.2, -0.15) is 8.78 Å². The van der Waals surface area contributed by atoms with Crippen molar-refractivity contribution in [1.29, 1.82) is 0 Å². The summed E-state index contributed by atoms with van der Waals surface area (Å²) < 4.78 is 28.7. The second-order valence-electron chi connectivity index (χ2n) is 5.42. The molecule has 0 aliphatic rings. The molecule has 4 nitrogen and oxygen atoms in total. The zero-order valence-electron chi connectivity index (χ0n) is 13.0. The maximum atomic E-state index is 12.2. The fourth-order valence-corrected chi connectivity index (χ4v) is 2.91. The molecule has 1 atom stereocenters. The third-order valence-corrected chi connectivity index (χ3v) is 4.47. The van der Waals surface area contributed by atoms with E-state index >= 15 is 0 Å². The van der Waals surface area contributed by atoms with Gasteiger partial charge in [0.25, 0.3) is 0 Å². The summed E-state index contributed by atoms with van der Waals surface area (Å²) in [7, 11) is 0. The Balaban J connectivity index is 1.85. The van der Waals surface area contributed by atoms with E-state index in [2.05, 4.69) is 28.9 Å². The van der Waals surface area contributed by atoms with Gasteiger partial charge in [-0.25, -0.2) is 4.98 Å². The van der Waals surface area contributed by atoms with Crippen molar-refractivity contribution in [1.82, 2.24) is 10.3 Å². The summed E-state index contributed by atoms with van der Waals surface area (Å²) in [4.78, 5) is 5.43. The molecule has 0 fully saturated rings. The van der Waals surface area contributed by atoms with E-state index in [0.29, 0.717) is 24.6 Å². The Labute approximate surface area is 138 Å². The number of halogens is 2. The highest BCUT2D eigenvalue weighted by Crippen LogP contribution is 2.22. The van der Waals surface area contributed by atoms with Crippen molar-refractivity contribution in [2.75, 3.05) is 6.54 Å². The predicted octanol–water partition coefficient (Wildman–Crippen LogP) is 3.69. The van der Waals surface area contributed by atoms with Gasteiger partial charge in [-0.15, -0.1) is 11.3 Å². The first-order chi connectivity index (χ1) is 11.0. The van der Waals surface area contributed by atoms with Crippen molar-refractivity contribution in [2.24, 2.45) is 0 Å². The van der Waals surface area contributed by atoms with Crippen LogP contribution in [0.15, 0.2) is 30.5 Å². The molecule has 1 heterocycles. The topological polar surface area (TPSA) is 54.4 Å². The maximum Gasteiger partial charge on any atom is 0.387 e. The average Bonchev–Trinajstić information content (AvgIpc) is 2.96. The van der Waals surface area contributed by atoms with Crippen LogP contribution in [-0.4, -0.2) is 23.2 Å². The van der Waals surface area contributed by atoms with E-state index in [1.807, 2.05) is 6.20 Å². The number of nitrogens with zero attached hydrogens (tertiary/aromatic N) is 1. The molecule has 126 valence electrons. The van der Waals surface area contributed by atoms with E-state index < -0.39 is 12.7 Å². The van der Waals surface area contributed by atoms with Crippen LogP contribution in [-0.2, 0) is 6.54 Å². The van der Waals surface area contributed by atoms with Crippen LogP contribution < -0.4 is 10.1 Å². The quantitative estimate of drug-likeness (QED) is 0.768. The van der Waals surface area contributed by atoms with E-state index in [1.54, 1.807) is 23.5 Å². The smallest absolute Gasteiger partial charge is 0.387 e. The van der Waals surface area contributed by atoms with Gasteiger partial charge in [-0.3, -0.25) is 0 Å². The lowest BCUT2D eigenvalue weighted by Gasteiger charge is -2.13. The summed E-state index contributed by atoms with van der Waals surface area (Å²) in [5.41, 5.74) is 0.530. The molecule has 0 aliphatic carbocycles. The van der Waals surface area contributed by atoms with Gasteiger partial charge in [-0.1, -0.05) is 26.0 Å². The van der Waals surface area contributed by atoms with Gasteiger partial charge in [0.1, 0.15) is 5.75 Å². The number of aliphatic hydroxyl groups is 1. The van der Waals surface area contributed by atoms with Gasteiger partial charge in [0.15, 0.2) is 0 Å². The number of alkyl halides is 2. The molecule has 0 spiro atoms. The number of nitrogens with one attached hydrogen (secondary N) is 1. The second kappa shape index (κ2) is 8.33. The van der Waals surface area contributed by atoms with Crippen molar-refractivity contribution < 1.29 is 18.6 Å². The Morgan fingerprint density at radius 2 is 2.13 bits per heavy atom. The molecule has 1 unspecified atom stereocenters. The number of aliphatic hydroxyl groups excluding tert-OH is 1. The number of hydrogen-bond acceptors (Lipinski definition) is 5. The van der Waals surface area contributed by atoms with E-state index in [0.717, 1.165) is 9.88 Å². The van der Waals surface area contributed by atoms with Crippen molar-refractivity contribution in [2.45, 2.75) is 39.0 Å². The van der Waals surface area contributed by atoms with Crippen LogP contribution in [0.1, 0.15) is 41.3 Å². The highest BCUT2D eigenvalue weighted by molar-refractivity contribution is 7.11. The lowest BCUT2D eigenvalue weighted by molar-refractivity contribution is -0.0499. The summed E-state index contributed by atoms with van der Waals surface area (Å²) in [6.45, 7) is 2.23. The van der Waals surface area contributed by atoms with Gasteiger partial charge in [-0.05, 0) is 17.7 Å². The Hall–Kier alpha value is -1.57. The van der Waals surface area contributed by atoms with Crippen LogP contribution in [0, 0.1) is 0 Å². The van der Waals surface area contributed by atoms with Gasteiger partial charge in [0, 0.05) is 30.1 Å². The van der Waals surface area contributed by atoms with Crippen LogP contribution >= 0.6 is 11.3 Å². The lowest BCUT2D eigenvalue weighted by atomic mass is 10.1. The minimum atomic E-state index is -2.87. The van der Waals surface area contributed by atoms with E-state index in [-0.39, 0.29) is 5.75 Å². The highest BCUT2D eigenvalue weighted by Gasteiger charge is 2.11. The number of aromatic nitrogens is 1. The molecule has 0 amide bonds. The molecule has 1 aromatic carbocycles. The zero-order chi connectivity index (χ0) is 16.8. The molecule has 1 aromatic heterocycles. The van der Waals surface area contributed by atoms with Gasteiger partial charge < -0.3 is 15.2 Å². The third-order valence-electron chi connectivity index (χ3n) is 3.17. The molecule has 0 saturated carbocycles. The minimum Gasteiger partial charge on any atom is -0.435 e. The van der Waals surface area contributed by atoms with Crippen molar-refractivity contribution in [3.63, 3.8) is 0 Å². The molecule has 0 saturated heterocycles. The largest absolute Gasteiger partial charge is 0.435 e. The summed E-state index contributed by atoms with van der Waals surface area (Å²) in [6, 6.07) is 6.10. The fraction of sp³-hybridized carbons (Fsp3) is 0.438. The first-order valence-corrected chi connectivity index (χ1v) is 8.15. The fourth-order valence-electron chi connectivity index (χ4n) is 2.02. The van der Waals surface area contributed by atoms with E-state index in [1.165, 1.54) is 12.1 Å². The normalized spacial score (nSPS) is 12.8. The van der Waals surface area contributed by atoms with Crippen LogP contribution in [0.25, 0.3) is 0 Å². The summed E-state index contributed by atoms with van der Waals surface area (Å²) in [5.74, 6) is 0.442. The first kappa shape index (κ1) is 17.8. The molecule has 0 bridgehead atoms. The van der Waals surface area contributed by atoms with Crippen LogP contribution in [0.5, 0.6) is 5.75 Å². The summed E-state index contributed by atoms with van der Waals surface area (Å²) >= 11 is 1.64.